The maximum absolute atomic E-state index is 5.15. The van der Waals surface area contributed by atoms with Gasteiger partial charge in [-0.1, -0.05) is 31.6 Å². The first-order chi connectivity index (χ1) is 7.72. The number of piperidine rings is 1. The predicted octanol–water partition coefficient (Wildman–Crippen LogP) is 3.60. The van der Waals surface area contributed by atoms with Gasteiger partial charge in [0.1, 0.15) is 4.64 Å². The van der Waals surface area contributed by atoms with Crippen molar-refractivity contribution in [2.45, 2.75) is 39.2 Å². The van der Waals surface area contributed by atoms with Gasteiger partial charge in [0, 0.05) is 11.7 Å². The lowest BCUT2D eigenvalue weighted by Crippen LogP contribution is -2.33. The number of aromatic nitrogens is 1. The minimum absolute atomic E-state index is 0.589. The maximum Gasteiger partial charge on any atom is 0.103 e. The highest BCUT2D eigenvalue weighted by atomic mass is 32.1. The average Bonchev–Trinajstić information content (AvgIpc) is 2.29. The molecule has 0 bridgehead atoms. The summed E-state index contributed by atoms with van der Waals surface area (Å²) in [7, 11) is 0. The molecule has 1 aliphatic heterocycles. The fraction of sp³-hybridized carbons (Fsp3) is 0.615. The highest BCUT2D eigenvalue weighted by Crippen LogP contribution is 2.31. The molecule has 1 fully saturated rings. The van der Waals surface area contributed by atoms with Gasteiger partial charge in [0.15, 0.2) is 0 Å². The van der Waals surface area contributed by atoms with E-state index in [0.717, 1.165) is 11.2 Å². The summed E-state index contributed by atoms with van der Waals surface area (Å²) >= 11 is 5.15. The van der Waals surface area contributed by atoms with Crippen LogP contribution in [0.2, 0.25) is 0 Å². The van der Waals surface area contributed by atoms with Gasteiger partial charge in [0.25, 0.3) is 0 Å². The van der Waals surface area contributed by atoms with Crippen molar-refractivity contribution in [2.75, 3.05) is 13.1 Å². The number of likely N-dealkylation sites (tertiary alicyclic amines) is 1. The van der Waals surface area contributed by atoms with Crippen molar-refractivity contribution in [3.8, 4) is 0 Å². The van der Waals surface area contributed by atoms with Gasteiger partial charge in [0.05, 0.1) is 0 Å². The Morgan fingerprint density at radius 3 is 2.94 bits per heavy atom. The third-order valence-electron chi connectivity index (χ3n) is 3.54. The molecular weight excluding hydrogens is 216 g/mol. The Bertz CT molecular complexity index is 411. The molecule has 0 radical (unpaired) electrons. The number of hydrogen-bond acceptors (Lipinski definition) is 2. The quantitative estimate of drug-likeness (QED) is 0.791. The van der Waals surface area contributed by atoms with Crippen molar-refractivity contribution in [3.05, 3.63) is 28.0 Å². The Morgan fingerprint density at radius 1 is 1.44 bits per heavy atom. The molecule has 0 spiro atoms. The number of nitrogens with zero attached hydrogens (tertiary/aromatic N) is 1. The van der Waals surface area contributed by atoms with Gasteiger partial charge >= 0.3 is 0 Å². The molecule has 3 heteroatoms. The summed E-state index contributed by atoms with van der Waals surface area (Å²) in [6.07, 6.45) is 3.96. The number of hydrogen-bond donors (Lipinski definition) is 1. The van der Waals surface area contributed by atoms with Gasteiger partial charge in [-0.3, -0.25) is 4.90 Å². The minimum Gasteiger partial charge on any atom is -0.350 e. The van der Waals surface area contributed by atoms with Crippen LogP contribution in [0, 0.1) is 11.6 Å². The third kappa shape index (κ3) is 2.36. The van der Waals surface area contributed by atoms with Crippen LogP contribution in [0.1, 0.15) is 43.5 Å². The van der Waals surface area contributed by atoms with Crippen molar-refractivity contribution in [2.24, 2.45) is 0 Å². The molecule has 2 heterocycles. The molecular formula is C13H20N2S. The van der Waals surface area contributed by atoms with Crippen LogP contribution >= 0.6 is 12.2 Å². The normalized spacial score (nSPS) is 22.2. The zero-order chi connectivity index (χ0) is 11.5. The van der Waals surface area contributed by atoms with Crippen LogP contribution in [0.4, 0.5) is 0 Å². The van der Waals surface area contributed by atoms with Crippen LogP contribution in [0.15, 0.2) is 12.1 Å². The first-order valence-electron chi connectivity index (χ1n) is 6.16. The summed E-state index contributed by atoms with van der Waals surface area (Å²) in [6.45, 7) is 6.75. The van der Waals surface area contributed by atoms with Gasteiger partial charge in [-0.05, 0) is 44.5 Å². The van der Waals surface area contributed by atoms with E-state index in [9.17, 15) is 0 Å². The van der Waals surface area contributed by atoms with E-state index < -0.39 is 0 Å². The maximum atomic E-state index is 5.15. The molecule has 0 amide bonds. The molecule has 0 aromatic carbocycles. The van der Waals surface area contributed by atoms with Crippen molar-refractivity contribution in [1.29, 1.82) is 0 Å². The summed E-state index contributed by atoms with van der Waals surface area (Å²) < 4.78 is 0.833. The zero-order valence-electron chi connectivity index (χ0n) is 10.1. The van der Waals surface area contributed by atoms with E-state index in [2.05, 4.69) is 29.8 Å². The van der Waals surface area contributed by atoms with Crippen molar-refractivity contribution < 1.29 is 0 Å². The molecule has 0 unspecified atom stereocenters. The smallest absolute Gasteiger partial charge is 0.103 e. The van der Waals surface area contributed by atoms with Crippen LogP contribution in [-0.2, 0) is 0 Å². The molecule has 0 aliphatic carbocycles. The third-order valence-corrected chi connectivity index (χ3v) is 3.77. The number of rotatable bonds is 2. The number of pyridine rings is 1. The van der Waals surface area contributed by atoms with Gasteiger partial charge < -0.3 is 4.98 Å². The fourth-order valence-corrected chi connectivity index (χ4v) is 2.89. The second-order valence-electron chi connectivity index (χ2n) is 4.54. The van der Waals surface area contributed by atoms with E-state index in [1.54, 1.807) is 0 Å². The van der Waals surface area contributed by atoms with Gasteiger partial charge in [-0.15, -0.1) is 0 Å². The largest absolute Gasteiger partial charge is 0.350 e. The first-order valence-corrected chi connectivity index (χ1v) is 6.57. The Hall–Kier alpha value is -0.670. The summed E-state index contributed by atoms with van der Waals surface area (Å²) in [5.74, 6) is 0. The standard InChI is InChI=1S/C13H20N2S/c1-3-15-9-5-4-6-12(15)11-7-8-13(16)14-10(11)2/h7-8,12H,3-6,9H2,1-2H3,(H,14,16)/t12-/m0/s1. The number of nitrogens with one attached hydrogen (secondary N) is 1. The van der Waals surface area contributed by atoms with E-state index >= 15 is 0 Å². The highest BCUT2D eigenvalue weighted by Gasteiger charge is 2.23. The fourth-order valence-electron chi connectivity index (χ4n) is 2.67. The first kappa shape index (κ1) is 11.8. The average molecular weight is 236 g/mol. The Kier molecular flexibility index (Phi) is 3.77. The molecule has 1 aromatic heterocycles. The van der Waals surface area contributed by atoms with Crippen LogP contribution < -0.4 is 0 Å². The van der Waals surface area contributed by atoms with E-state index in [4.69, 9.17) is 12.2 Å². The molecule has 16 heavy (non-hydrogen) atoms. The molecule has 0 saturated carbocycles. The molecule has 1 aromatic rings. The molecule has 2 rings (SSSR count). The van der Waals surface area contributed by atoms with Gasteiger partial charge in [-0.25, -0.2) is 0 Å². The Balaban J connectivity index is 2.30. The molecule has 88 valence electrons. The summed E-state index contributed by atoms with van der Waals surface area (Å²) in [5.41, 5.74) is 2.66. The second-order valence-corrected chi connectivity index (χ2v) is 4.98. The van der Waals surface area contributed by atoms with E-state index in [1.165, 1.54) is 37.1 Å². The Morgan fingerprint density at radius 2 is 2.25 bits per heavy atom. The van der Waals surface area contributed by atoms with Crippen molar-refractivity contribution in [3.63, 3.8) is 0 Å². The lowest BCUT2D eigenvalue weighted by molar-refractivity contribution is 0.156. The van der Waals surface area contributed by atoms with E-state index in [0.29, 0.717) is 6.04 Å². The van der Waals surface area contributed by atoms with Crippen LogP contribution in [-0.4, -0.2) is 23.0 Å². The van der Waals surface area contributed by atoms with Crippen molar-refractivity contribution >= 4 is 12.2 Å². The van der Waals surface area contributed by atoms with Gasteiger partial charge in [-0.2, -0.15) is 0 Å². The van der Waals surface area contributed by atoms with E-state index in [1.807, 2.05) is 6.07 Å². The number of H-pyrrole nitrogens is 1. The number of aryl methyl sites for hydroxylation is 1. The van der Waals surface area contributed by atoms with Gasteiger partial charge in [0.2, 0.25) is 0 Å². The molecule has 1 aliphatic rings. The van der Waals surface area contributed by atoms with Crippen LogP contribution in [0.3, 0.4) is 0 Å². The summed E-state index contributed by atoms with van der Waals surface area (Å²) in [4.78, 5) is 5.84. The molecule has 1 saturated heterocycles. The lowest BCUT2D eigenvalue weighted by atomic mass is 9.94. The van der Waals surface area contributed by atoms with E-state index in [-0.39, 0.29) is 0 Å². The predicted molar refractivity (Wildman–Crippen MR) is 70.2 cm³/mol. The molecule has 2 nitrogen and oxygen atoms in total. The minimum atomic E-state index is 0.589. The van der Waals surface area contributed by atoms with Crippen LogP contribution in [0.5, 0.6) is 0 Å². The second kappa shape index (κ2) is 5.11. The monoisotopic (exact) mass is 236 g/mol. The summed E-state index contributed by atoms with van der Waals surface area (Å²) in [6, 6.07) is 4.80. The van der Waals surface area contributed by atoms with Crippen LogP contribution in [0.25, 0.3) is 0 Å². The highest BCUT2D eigenvalue weighted by molar-refractivity contribution is 7.71. The zero-order valence-corrected chi connectivity index (χ0v) is 10.9. The Labute approximate surface area is 103 Å². The number of aromatic amines is 1. The summed E-state index contributed by atoms with van der Waals surface area (Å²) in [5, 5.41) is 0. The topological polar surface area (TPSA) is 19.0 Å². The SMILES string of the molecule is CCN1CCCC[C@H]1c1ccc(=S)[nH]c1C. The molecule has 1 N–H and O–H groups in total. The lowest BCUT2D eigenvalue weighted by Gasteiger charge is -2.35. The molecule has 1 atom stereocenters. The van der Waals surface area contributed by atoms with Crippen molar-refractivity contribution in [1.82, 2.24) is 9.88 Å².